The molecule has 0 aliphatic heterocycles. The molecule has 0 spiro atoms. The smallest absolute Gasteiger partial charge is 0.0985 e. The first kappa shape index (κ1) is 17.3. The lowest BCUT2D eigenvalue weighted by molar-refractivity contribution is 0.199. The van der Waals surface area contributed by atoms with Gasteiger partial charge in [-0.3, -0.25) is 0 Å². The monoisotopic (exact) mass is 308 g/mol. The molecule has 1 aliphatic rings. The molecule has 1 aliphatic carbocycles. The summed E-state index contributed by atoms with van der Waals surface area (Å²) in [5, 5.41) is 0. The van der Waals surface area contributed by atoms with E-state index in [1.54, 1.807) is 0 Å². The van der Waals surface area contributed by atoms with E-state index in [4.69, 9.17) is 4.74 Å². The van der Waals surface area contributed by atoms with Crippen LogP contribution in [0.4, 0.5) is 0 Å². The lowest BCUT2D eigenvalue weighted by atomic mass is 9.89. The molecule has 1 saturated carbocycles. The van der Waals surface area contributed by atoms with E-state index in [9.17, 15) is 0 Å². The van der Waals surface area contributed by atoms with Crippen molar-refractivity contribution in [3.05, 3.63) is 78.1 Å². The Kier molecular flexibility index (Phi) is 6.04. The summed E-state index contributed by atoms with van der Waals surface area (Å²) in [5.41, 5.74) is 4.95. The Hall–Kier alpha value is -2.02. The molecule has 122 valence electrons. The van der Waals surface area contributed by atoms with Gasteiger partial charge < -0.3 is 4.74 Å². The maximum absolute atomic E-state index is 5.78. The Morgan fingerprint density at radius 3 is 2.57 bits per heavy atom. The summed E-state index contributed by atoms with van der Waals surface area (Å²) in [5.74, 6) is 1.39. The molecule has 0 bridgehead atoms. The maximum Gasteiger partial charge on any atom is 0.0985 e. The molecule has 1 atom stereocenters. The van der Waals surface area contributed by atoms with E-state index in [2.05, 4.69) is 63.4 Å². The topological polar surface area (TPSA) is 9.23 Å². The van der Waals surface area contributed by atoms with Crippen molar-refractivity contribution in [3.8, 4) is 0 Å². The molecule has 2 rings (SSSR count). The minimum absolute atomic E-state index is 0.401. The van der Waals surface area contributed by atoms with Crippen LogP contribution in [-0.4, -0.2) is 6.10 Å². The largest absolute Gasteiger partial charge is 0.495 e. The minimum atomic E-state index is 0.401. The summed E-state index contributed by atoms with van der Waals surface area (Å²) in [4.78, 5) is 0. The van der Waals surface area contributed by atoms with Gasteiger partial charge in [0, 0.05) is 0 Å². The molecular weight excluding hydrogens is 280 g/mol. The van der Waals surface area contributed by atoms with E-state index in [1.165, 1.54) is 29.5 Å². The van der Waals surface area contributed by atoms with Gasteiger partial charge in [0.2, 0.25) is 0 Å². The number of allylic oxidation sites excluding steroid dienone is 6. The van der Waals surface area contributed by atoms with Gasteiger partial charge in [0.15, 0.2) is 0 Å². The summed E-state index contributed by atoms with van der Waals surface area (Å²) in [6.07, 6.45) is 9.97. The number of ether oxygens (including phenoxy) is 1. The van der Waals surface area contributed by atoms with Gasteiger partial charge in [-0.25, -0.2) is 0 Å². The second-order valence-electron chi connectivity index (χ2n) is 6.51. The summed E-state index contributed by atoms with van der Waals surface area (Å²) >= 11 is 0. The van der Waals surface area contributed by atoms with Crippen molar-refractivity contribution in [3.63, 3.8) is 0 Å². The van der Waals surface area contributed by atoms with E-state index >= 15 is 0 Å². The van der Waals surface area contributed by atoms with Crippen molar-refractivity contribution in [2.24, 2.45) is 5.92 Å². The molecule has 1 nitrogen and oxygen atoms in total. The van der Waals surface area contributed by atoms with Crippen molar-refractivity contribution in [1.82, 2.24) is 0 Å². The van der Waals surface area contributed by atoms with E-state index in [-0.39, 0.29) is 0 Å². The summed E-state index contributed by atoms with van der Waals surface area (Å²) in [7, 11) is 0. The number of hydrogen-bond acceptors (Lipinski definition) is 1. The van der Waals surface area contributed by atoms with Crippen LogP contribution >= 0.6 is 0 Å². The number of benzene rings is 1. The molecule has 0 amide bonds. The average Bonchev–Trinajstić information content (AvgIpc) is 3.32. The zero-order chi connectivity index (χ0) is 16.8. The summed E-state index contributed by atoms with van der Waals surface area (Å²) in [6.45, 7) is 14.4. The van der Waals surface area contributed by atoms with Crippen LogP contribution in [0.3, 0.4) is 0 Å². The molecule has 0 N–H and O–H groups in total. The van der Waals surface area contributed by atoms with Gasteiger partial charge in [-0.15, -0.1) is 0 Å². The fraction of sp³-hybridized carbons (Fsp3) is 0.364. The third kappa shape index (κ3) is 5.28. The Bertz CT molecular complexity index is 629. The van der Waals surface area contributed by atoms with Crippen LogP contribution in [0.15, 0.2) is 67.0 Å². The fourth-order valence-corrected chi connectivity index (χ4v) is 2.70. The lowest BCUT2D eigenvalue weighted by Gasteiger charge is -2.16. The SMILES string of the molecule is C=C/C(=C\C=C(/C)OC1CC1)C(C)Cc1ccccc1C(=C)C. The molecule has 0 aromatic heterocycles. The molecule has 0 heterocycles. The molecule has 0 saturated heterocycles. The standard InChI is InChI=1S/C22H28O/c1-6-19(12-11-18(5)23-21-13-14-21)17(4)15-20-9-7-8-10-22(20)16(2)3/h6-12,17,21H,1-2,13-15H2,3-5H3/b18-11+,19-12+. The van der Waals surface area contributed by atoms with E-state index < -0.39 is 0 Å². The van der Waals surface area contributed by atoms with Crippen LogP contribution in [0.1, 0.15) is 44.7 Å². The molecule has 1 aromatic rings. The molecule has 1 unspecified atom stereocenters. The second-order valence-corrected chi connectivity index (χ2v) is 6.51. The molecule has 1 aromatic carbocycles. The minimum Gasteiger partial charge on any atom is -0.495 e. The highest BCUT2D eigenvalue weighted by Crippen LogP contribution is 2.27. The third-order valence-electron chi connectivity index (χ3n) is 4.20. The van der Waals surface area contributed by atoms with Gasteiger partial charge in [-0.05, 0) is 61.8 Å². The van der Waals surface area contributed by atoms with Crippen LogP contribution in [0, 0.1) is 5.92 Å². The fourth-order valence-electron chi connectivity index (χ4n) is 2.70. The zero-order valence-corrected chi connectivity index (χ0v) is 14.6. The predicted octanol–water partition coefficient (Wildman–Crippen LogP) is 6.09. The summed E-state index contributed by atoms with van der Waals surface area (Å²) < 4.78 is 5.78. The predicted molar refractivity (Wildman–Crippen MR) is 100 cm³/mol. The molecule has 23 heavy (non-hydrogen) atoms. The van der Waals surface area contributed by atoms with Crippen LogP contribution in [0.25, 0.3) is 5.57 Å². The molecular formula is C22H28O. The van der Waals surface area contributed by atoms with Crippen molar-refractivity contribution < 1.29 is 4.74 Å². The van der Waals surface area contributed by atoms with Gasteiger partial charge in [-0.2, -0.15) is 0 Å². The van der Waals surface area contributed by atoms with E-state index in [0.717, 1.165) is 17.8 Å². The maximum atomic E-state index is 5.78. The first-order valence-corrected chi connectivity index (χ1v) is 8.42. The van der Waals surface area contributed by atoms with Crippen LogP contribution < -0.4 is 0 Å². The number of hydrogen-bond donors (Lipinski definition) is 0. The van der Waals surface area contributed by atoms with E-state index in [0.29, 0.717) is 12.0 Å². The van der Waals surface area contributed by atoms with Crippen molar-refractivity contribution in [2.75, 3.05) is 0 Å². The Balaban J connectivity index is 2.09. The van der Waals surface area contributed by atoms with Gasteiger partial charge in [0.1, 0.15) is 0 Å². The number of rotatable bonds is 8. The highest BCUT2D eigenvalue weighted by atomic mass is 16.5. The van der Waals surface area contributed by atoms with Gasteiger partial charge in [-0.1, -0.05) is 62.1 Å². The lowest BCUT2D eigenvalue weighted by Crippen LogP contribution is -2.04. The van der Waals surface area contributed by atoms with Crippen LogP contribution in [0.5, 0.6) is 0 Å². The third-order valence-corrected chi connectivity index (χ3v) is 4.20. The van der Waals surface area contributed by atoms with Crippen molar-refractivity contribution in [1.29, 1.82) is 0 Å². The Morgan fingerprint density at radius 1 is 1.26 bits per heavy atom. The van der Waals surface area contributed by atoms with Crippen LogP contribution in [0.2, 0.25) is 0 Å². The highest BCUT2D eigenvalue weighted by molar-refractivity contribution is 5.64. The van der Waals surface area contributed by atoms with Gasteiger partial charge in [0.05, 0.1) is 11.9 Å². The van der Waals surface area contributed by atoms with Gasteiger partial charge in [0.25, 0.3) is 0 Å². The second kappa shape index (κ2) is 8.01. The average molecular weight is 308 g/mol. The van der Waals surface area contributed by atoms with Gasteiger partial charge >= 0.3 is 0 Å². The van der Waals surface area contributed by atoms with Crippen molar-refractivity contribution >= 4 is 5.57 Å². The summed E-state index contributed by atoms with van der Waals surface area (Å²) in [6, 6.07) is 8.51. The first-order chi connectivity index (χ1) is 11.0. The normalized spacial score (nSPS) is 16.8. The Labute approximate surface area is 141 Å². The Morgan fingerprint density at radius 2 is 1.96 bits per heavy atom. The first-order valence-electron chi connectivity index (χ1n) is 8.42. The molecule has 1 fully saturated rings. The van der Waals surface area contributed by atoms with Crippen molar-refractivity contribution in [2.45, 2.75) is 46.1 Å². The quantitative estimate of drug-likeness (QED) is 0.417. The van der Waals surface area contributed by atoms with E-state index in [1.807, 2.05) is 13.0 Å². The molecule has 1 heteroatoms. The van der Waals surface area contributed by atoms with Crippen LogP contribution in [-0.2, 0) is 11.2 Å². The molecule has 0 radical (unpaired) electrons. The zero-order valence-electron chi connectivity index (χ0n) is 14.6. The highest BCUT2D eigenvalue weighted by Gasteiger charge is 2.23.